The molecule has 5 N–H and O–H groups in total. The predicted octanol–water partition coefficient (Wildman–Crippen LogP) is 0.802. The van der Waals surface area contributed by atoms with Crippen molar-refractivity contribution in [1.29, 1.82) is 0 Å². The fraction of sp³-hybridized carbons (Fsp3) is 0.526. The van der Waals surface area contributed by atoms with Crippen molar-refractivity contribution in [1.82, 2.24) is 15.0 Å². The minimum absolute atomic E-state index is 0.183. The number of ether oxygens (including phenoxy) is 1. The number of pyridine rings is 1. The van der Waals surface area contributed by atoms with Gasteiger partial charge in [-0.2, -0.15) is 4.98 Å². The van der Waals surface area contributed by atoms with E-state index in [-0.39, 0.29) is 12.5 Å². The van der Waals surface area contributed by atoms with Gasteiger partial charge in [0.15, 0.2) is 0 Å². The number of methoxy groups -OCH3 is 1. The first-order chi connectivity index (χ1) is 13.5. The Bertz CT molecular complexity index is 802. The minimum Gasteiger partial charge on any atom is -0.481 e. The number of hydrogen-bond donors (Lipinski definition) is 5. The van der Waals surface area contributed by atoms with Crippen LogP contribution >= 0.6 is 0 Å². The van der Waals surface area contributed by atoms with Crippen molar-refractivity contribution in [2.24, 2.45) is 5.92 Å². The van der Waals surface area contributed by atoms with Gasteiger partial charge in [0, 0.05) is 42.5 Å². The molecule has 1 saturated carbocycles. The summed E-state index contributed by atoms with van der Waals surface area (Å²) < 4.78 is 5.12. The van der Waals surface area contributed by atoms with Gasteiger partial charge >= 0.3 is 0 Å². The quantitative estimate of drug-likeness (QED) is 0.466. The van der Waals surface area contributed by atoms with Crippen molar-refractivity contribution in [3.63, 3.8) is 0 Å². The van der Waals surface area contributed by atoms with Crippen LogP contribution in [0, 0.1) is 12.8 Å². The molecule has 4 atom stereocenters. The maximum Gasteiger partial charge on any atom is 0.224 e. The number of nitrogens with zero attached hydrogens (tertiary/aromatic N) is 3. The summed E-state index contributed by atoms with van der Waals surface area (Å²) in [6.45, 7) is 4.32. The molecule has 0 aromatic carbocycles. The standard InChI is InChI=1S/C19H27N5O4/c1-4-20-19-22-10(2)15(11-5-6-14(28-3)21-8-11)18(24-19)23-13-7-12(9-25)16(26)17(13)27/h5-6,8,12-13,16-17,25-27H,4,7,9H2,1-3H3,(H2,20,22,23,24)/t12-,13-,16-,17+/m1/s1. The highest BCUT2D eigenvalue weighted by atomic mass is 16.5. The van der Waals surface area contributed by atoms with Gasteiger partial charge in [-0.3, -0.25) is 0 Å². The Morgan fingerprint density at radius 1 is 1.21 bits per heavy atom. The van der Waals surface area contributed by atoms with Crippen LogP contribution in [0.15, 0.2) is 18.3 Å². The predicted molar refractivity (Wildman–Crippen MR) is 105 cm³/mol. The Kier molecular flexibility index (Phi) is 6.28. The average Bonchev–Trinajstić information content (AvgIpc) is 2.96. The van der Waals surface area contributed by atoms with Gasteiger partial charge in [0.25, 0.3) is 0 Å². The molecule has 152 valence electrons. The van der Waals surface area contributed by atoms with E-state index >= 15 is 0 Å². The van der Waals surface area contributed by atoms with Crippen LogP contribution in [0.1, 0.15) is 19.0 Å². The molecule has 2 heterocycles. The molecule has 0 unspecified atom stereocenters. The molecule has 0 spiro atoms. The molecule has 0 amide bonds. The molecular weight excluding hydrogens is 362 g/mol. The highest BCUT2D eigenvalue weighted by molar-refractivity contribution is 5.78. The van der Waals surface area contributed by atoms with Gasteiger partial charge in [-0.1, -0.05) is 0 Å². The van der Waals surface area contributed by atoms with Crippen molar-refractivity contribution in [2.45, 2.75) is 38.5 Å². The molecule has 1 aliphatic carbocycles. The number of hydrogen-bond acceptors (Lipinski definition) is 9. The molecule has 28 heavy (non-hydrogen) atoms. The van der Waals surface area contributed by atoms with Gasteiger partial charge in [-0.15, -0.1) is 0 Å². The van der Waals surface area contributed by atoms with Crippen molar-refractivity contribution >= 4 is 11.8 Å². The second-order valence-corrected chi connectivity index (χ2v) is 6.89. The smallest absolute Gasteiger partial charge is 0.224 e. The molecule has 0 radical (unpaired) electrons. The summed E-state index contributed by atoms with van der Waals surface area (Å²) in [5.74, 6) is 1.13. The van der Waals surface area contributed by atoms with Crippen LogP contribution in [0.25, 0.3) is 11.1 Å². The van der Waals surface area contributed by atoms with Crippen LogP contribution in [0.5, 0.6) is 5.88 Å². The van der Waals surface area contributed by atoms with E-state index in [0.29, 0.717) is 30.6 Å². The fourth-order valence-corrected chi connectivity index (χ4v) is 3.53. The van der Waals surface area contributed by atoms with Gasteiger partial charge in [0.1, 0.15) is 11.9 Å². The first-order valence-electron chi connectivity index (χ1n) is 9.34. The zero-order chi connectivity index (χ0) is 20.3. The lowest BCUT2D eigenvalue weighted by Gasteiger charge is -2.22. The Hall–Kier alpha value is -2.49. The summed E-state index contributed by atoms with van der Waals surface area (Å²) in [7, 11) is 1.55. The Morgan fingerprint density at radius 3 is 2.57 bits per heavy atom. The van der Waals surface area contributed by atoms with Gasteiger partial charge in [0.05, 0.1) is 24.9 Å². The van der Waals surface area contributed by atoms with Crippen molar-refractivity contribution in [2.75, 3.05) is 30.9 Å². The summed E-state index contributed by atoms with van der Waals surface area (Å²) in [5, 5.41) is 36.3. The second kappa shape index (κ2) is 8.68. The van der Waals surface area contributed by atoms with Gasteiger partial charge < -0.3 is 30.7 Å². The normalized spacial score (nSPS) is 24.2. The third kappa shape index (κ3) is 4.01. The molecule has 0 aliphatic heterocycles. The van der Waals surface area contributed by atoms with Crippen LogP contribution in [-0.4, -0.2) is 68.8 Å². The third-order valence-electron chi connectivity index (χ3n) is 5.02. The molecule has 0 bridgehead atoms. The van der Waals surface area contributed by atoms with E-state index in [1.807, 2.05) is 19.9 Å². The first-order valence-corrected chi connectivity index (χ1v) is 9.34. The van der Waals surface area contributed by atoms with Crippen LogP contribution in [-0.2, 0) is 0 Å². The Morgan fingerprint density at radius 2 is 2.00 bits per heavy atom. The van der Waals surface area contributed by atoms with Crippen molar-refractivity contribution in [3.8, 4) is 17.0 Å². The highest BCUT2D eigenvalue weighted by Crippen LogP contribution is 2.34. The summed E-state index contributed by atoms with van der Waals surface area (Å²) in [6, 6.07) is 3.18. The zero-order valence-electron chi connectivity index (χ0n) is 16.3. The van der Waals surface area contributed by atoms with Gasteiger partial charge in [-0.25, -0.2) is 9.97 Å². The number of anilines is 2. The van der Waals surface area contributed by atoms with E-state index in [4.69, 9.17) is 4.74 Å². The van der Waals surface area contributed by atoms with E-state index in [1.54, 1.807) is 19.4 Å². The van der Waals surface area contributed by atoms with Crippen molar-refractivity contribution in [3.05, 3.63) is 24.0 Å². The minimum atomic E-state index is -1.00. The largest absolute Gasteiger partial charge is 0.481 e. The van der Waals surface area contributed by atoms with Gasteiger partial charge in [0.2, 0.25) is 11.8 Å². The SMILES string of the molecule is CCNc1nc(C)c(-c2ccc(OC)nc2)c(N[C@@H]2C[C@H](CO)[C@@H](O)[C@H]2O)n1. The number of aliphatic hydroxyl groups is 3. The lowest BCUT2D eigenvalue weighted by Crippen LogP contribution is -2.35. The van der Waals surface area contributed by atoms with Crippen molar-refractivity contribution < 1.29 is 20.1 Å². The lowest BCUT2D eigenvalue weighted by atomic mass is 10.1. The zero-order valence-corrected chi connectivity index (χ0v) is 16.3. The maximum atomic E-state index is 10.4. The van der Waals surface area contributed by atoms with Gasteiger partial charge in [-0.05, 0) is 26.3 Å². The van der Waals surface area contributed by atoms with E-state index in [0.717, 1.165) is 16.8 Å². The topological polar surface area (TPSA) is 133 Å². The molecule has 2 aromatic rings. The summed E-state index contributed by atoms with van der Waals surface area (Å²) in [5.41, 5.74) is 2.30. The third-order valence-corrected chi connectivity index (χ3v) is 5.02. The Balaban J connectivity index is 1.99. The average molecular weight is 389 g/mol. The number of aryl methyl sites for hydroxylation is 1. The van der Waals surface area contributed by atoms with Crippen LogP contribution in [0.4, 0.5) is 11.8 Å². The number of nitrogens with one attached hydrogen (secondary N) is 2. The molecule has 9 heteroatoms. The van der Waals surface area contributed by atoms with Crippen LogP contribution in [0.3, 0.4) is 0 Å². The molecule has 2 aromatic heterocycles. The maximum absolute atomic E-state index is 10.4. The van der Waals surface area contributed by atoms with E-state index in [1.165, 1.54) is 0 Å². The summed E-state index contributed by atoms with van der Waals surface area (Å²) >= 11 is 0. The molecule has 1 fully saturated rings. The molecule has 9 nitrogen and oxygen atoms in total. The first kappa shape index (κ1) is 20.2. The molecule has 0 saturated heterocycles. The van der Waals surface area contributed by atoms with Crippen LogP contribution < -0.4 is 15.4 Å². The van der Waals surface area contributed by atoms with E-state index < -0.39 is 18.2 Å². The van der Waals surface area contributed by atoms with E-state index in [9.17, 15) is 15.3 Å². The summed E-state index contributed by atoms with van der Waals surface area (Å²) in [4.78, 5) is 13.3. The number of aromatic nitrogens is 3. The molecule has 3 rings (SSSR count). The summed E-state index contributed by atoms with van der Waals surface area (Å²) in [6.07, 6.45) is 0.124. The highest BCUT2D eigenvalue weighted by Gasteiger charge is 2.41. The molecular formula is C19H27N5O4. The lowest BCUT2D eigenvalue weighted by molar-refractivity contribution is 0.00446. The molecule has 1 aliphatic rings. The number of aliphatic hydroxyl groups excluding tert-OH is 3. The van der Waals surface area contributed by atoms with Crippen LogP contribution in [0.2, 0.25) is 0 Å². The fourth-order valence-electron chi connectivity index (χ4n) is 3.53. The van der Waals surface area contributed by atoms with E-state index in [2.05, 4.69) is 25.6 Å². The Labute approximate surface area is 163 Å². The number of rotatable bonds is 7. The second-order valence-electron chi connectivity index (χ2n) is 6.89. The monoisotopic (exact) mass is 389 g/mol.